The van der Waals surface area contributed by atoms with Crippen molar-refractivity contribution in [2.24, 2.45) is 0 Å². The van der Waals surface area contributed by atoms with Crippen LogP contribution in [0.15, 0.2) is 12.7 Å². The summed E-state index contributed by atoms with van der Waals surface area (Å²) in [6, 6.07) is 0. The number of hydrogen-bond acceptors (Lipinski definition) is 2. The standard InChI is InChI=1S/C5H10N4/c6-2-1-3-9-5-7-4-8-9/h4-5H,1-3,6H2/p+1. The lowest BCUT2D eigenvalue weighted by molar-refractivity contribution is -0.368. The van der Waals surface area contributed by atoms with Gasteiger partial charge in [0.15, 0.2) is 0 Å². The molecular weight excluding hydrogens is 116 g/mol. The first kappa shape index (κ1) is 6.22. The van der Waals surface area contributed by atoms with Gasteiger partial charge in [0.2, 0.25) is 0 Å². The zero-order valence-electron chi connectivity index (χ0n) is 5.32. The molecule has 4 heteroatoms. The van der Waals surface area contributed by atoms with Crippen molar-refractivity contribution in [2.45, 2.75) is 13.0 Å². The Hall–Kier alpha value is -0.900. The highest BCUT2D eigenvalue weighted by Gasteiger charge is 1.88. The molecule has 0 saturated heterocycles. The lowest BCUT2D eigenvalue weighted by Gasteiger charge is -1.93. The maximum Gasteiger partial charge on any atom is 0.137 e. The fourth-order valence-corrected chi connectivity index (χ4v) is 0.622. The van der Waals surface area contributed by atoms with E-state index in [2.05, 4.69) is 15.8 Å². The largest absolute Gasteiger partial charge is 0.358 e. The van der Waals surface area contributed by atoms with Crippen molar-refractivity contribution in [1.29, 1.82) is 0 Å². The van der Waals surface area contributed by atoms with Gasteiger partial charge in [-0.2, -0.15) is 5.10 Å². The Bertz CT molecular complexity index is 146. The van der Waals surface area contributed by atoms with Crippen LogP contribution < -0.4 is 5.73 Å². The lowest BCUT2D eigenvalue weighted by atomic mass is 10.4. The van der Waals surface area contributed by atoms with Gasteiger partial charge in [-0.25, -0.2) is 4.98 Å². The fourth-order valence-electron chi connectivity index (χ4n) is 0.622. The van der Waals surface area contributed by atoms with Gasteiger partial charge >= 0.3 is 0 Å². The van der Waals surface area contributed by atoms with Gasteiger partial charge in [-0.05, 0) is 0 Å². The normalized spacial score (nSPS) is 9.89. The van der Waals surface area contributed by atoms with E-state index in [-0.39, 0.29) is 0 Å². The van der Waals surface area contributed by atoms with Crippen LogP contribution >= 0.6 is 0 Å². The molecule has 0 spiro atoms. The van der Waals surface area contributed by atoms with Crippen molar-refractivity contribution in [3.8, 4) is 0 Å². The molecule has 0 radical (unpaired) electrons. The van der Waals surface area contributed by atoms with E-state index in [1.54, 1.807) is 12.7 Å². The molecule has 4 nitrogen and oxygen atoms in total. The summed E-state index contributed by atoms with van der Waals surface area (Å²) in [5.74, 6) is 0. The molecule has 50 valence electrons. The number of aryl methyl sites for hydroxylation is 1. The average Bonchev–Trinajstić information content (AvgIpc) is 2.34. The van der Waals surface area contributed by atoms with E-state index in [9.17, 15) is 0 Å². The van der Waals surface area contributed by atoms with E-state index in [1.165, 1.54) is 0 Å². The molecule has 0 amide bonds. The van der Waals surface area contributed by atoms with Crippen LogP contribution in [-0.2, 0) is 6.54 Å². The maximum atomic E-state index is 3.93. The Labute approximate surface area is 53.7 Å². The third-order valence-electron chi connectivity index (χ3n) is 1.10. The molecule has 0 aromatic carbocycles. The SMILES string of the molecule is [NH3+]CCCn1cncn1. The number of hydrogen-bond donors (Lipinski definition) is 1. The minimum atomic E-state index is 0.934. The van der Waals surface area contributed by atoms with Gasteiger partial charge < -0.3 is 5.73 Å². The second-order valence-corrected chi connectivity index (χ2v) is 1.87. The van der Waals surface area contributed by atoms with Crippen molar-refractivity contribution in [3.63, 3.8) is 0 Å². The Morgan fingerprint density at radius 1 is 1.56 bits per heavy atom. The van der Waals surface area contributed by atoms with E-state index in [0.717, 1.165) is 19.5 Å². The zero-order valence-corrected chi connectivity index (χ0v) is 5.32. The lowest BCUT2D eigenvalue weighted by Crippen LogP contribution is -2.50. The maximum absolute atomic E-state index is 3.93. The van der Waals surface area contributed by atoms with Gasteiger partial charge in [-0.3, -0.25) is 4.68 Å². The van der Waals surface area contributed by atoms with Gasteiger partial charge in [0, 0.05) is 13.0 Å². The Morgan fingerprint density at radius 3 is 3.00 bits per heavy atom. The fraction of sp³-hybridized carbons (Fsp3) is 0.600. The first-order valence-electron chi connectivity index (χ1n) is 3.05. The number of nitrogens with zero attached hydrogens (tertiary/aromatic N) is 3. The monoisotopic (exact) mass is 127 g/mol. The van der Waals surface area contributed by atoms with E-state index in [0.29, 0.717) is 0 Å². The molecule has 1 aromatic heterocycles. The first-order valence-corrected chi connectivity index (χ1v) is 3.05. The third kappa shape index (κ3) is 1.81. The highest BCUT2D eigenvalue weighted by atomic mass is 15.3. The van der Waals surface area contributed by atoms with Crippen LogP contribution in [0.5, 0.6) is 0 Å². The number of aromatic nitrogens is 3. The summed E-state index contributed by atoms with van der Waals surface area (Å²) in [6.07, 6.45) is 4.34. The van der Waals surface area contributed by atoms with Crippen molar-refractivity contribution in [3.05, 3.63) is 12.7 Å². The van der Waals surface area contributed by atoms with Crippen molar-refractivity contribution in [2.75, 3.05) is 6.54 Å². The molecule has 0 saturated carbocycles. The molecule has 0 aliphatic carbocycles. The molecule has 1 rings (SSSR count). The van der Waals surface area contributed by atoms with Crippen LogP contribution in [0.25, 0.3) is 0 Å². The second-order valence-electron chi connectivity index (χ2n) is 1.87. The average molecular weight is 127 g/mol. The minimum Gasteiger partial charge on any atom is -0.358 e. The zero-order chi connectivity index (χ0) is 6.53. The summed E-state index contributed by atoms with van der Waals surface area (Å²) in [6.45, 7) is 1.89. The van der Waals surface area contributed by atoms with E-state index in [1.807, 2.05) is 4.68 Å². The molecule has 0 unspecified atom stereocenters. The van der Waals surface area contributed by atoms with Gasteiger partial charge in [0.25, 0.3) is 0 Å². The molecule has 1 heterocycles. The first-order chi connectivity index (χ1) is 4.43. The third-order valence-corrected chi connectivity index (χ3v) is 1.10. The quantitative estimate of drug-likeness (QED) is 0.561. The molecule has 0 bridgehead atoms. The predicted molar refractivity (Wildman–Crippen MR) is 32.4 cm³/mol. The van der Waals surface area contributed by atoms with E-state index < -0.39 is 0 Å². The second kappa shape index (κ2) is 3.19. The molecule has 0 aliphatic rings. The van der Waals surface area contributed by atoms with Gasteiger partial charge in [-0.15, -0.1) is 0 Å². The van der Waals surface area contributed by atoms with Crippen molar-refractivity contribution < 1.29 is 5.73 Å². The summed E-state index contributed by atoms with van der Waals surface area (Å²) in [5.41, 5.74) is 3.72. The Morgan fingerprint density at radius 2 is 2.44 bits per heavy atom. The van der Waals surface area contributed by atoms with Crippen LogP contribution in [0.4, 0.5) is 0 Å². The highest BCUT2D eigenvalue weighted by Crippen LogP contribution is 1.81. The summed E-state index contributed by atoms with van der Waals surface area (Å²) in [4.78, 5) is 3.81. The molecule has 9 heavy (non-hydrogen) atoms. The molecule has 3 N–H and O–H groups in total. The molecule has 0 aliphatic heterocycles. The van der Waals surface area contributed by atoms with Gasteiger partial charge in [-0.1, -0.05) is 0 Å². The van der Waals surface area contributed by atoms with Crippen LogP contribution in [0.2, 0.25) is 0 Å². The number of quaternary nitrogens is 1. The number of rotatable bonds is 3. The Balaban J connectivity index is 2.30. The van der Waals surface area contributed by atoms with Crippen molar-refractivity contribution >= 4 is 0 Å². The van der Waals surface area contributed by atoms with Crippen LogP contribution in [0.1, 0.15) is 6.42 Å². The molecule has 0 fully saturated rings. The van der Waals surface area contributed by atoms with Gasteiger partial charge in [0.1, 0.15) is 12.7 Å². The summed E-state index contributed by atoms with van der Waals surface area (Å²) in [7, 11) is 0. The topological polar surface area (TPSA) is 58.4 Å². The Kier molecular flexibility index (Phi) is 2.21. The summed E-state index contributed by atoms with van der Waals surface area (Å²) < 4.78 is 1.81. The van der Waals surface area contributed by atoms with Crippen LogP contribution in [0.3, 0.4) is 0 Å². The van der Waals surface area contributed by atoms with Crippen molar-refractivity contribution in [1.82, 2.24) is 14.8 Å². The summed E-state index contributed by atoms with van der Waals surface area (Å²) in [5, 5.41) is 3.93. The molecular formula is C5H11N4+. The summed E-state index contributed by atoms with van der Waals surface area (Å²) >= 11 is 0. The minimum absolute atomic E-state index is 0.934. The molecule has 1 aromatic rings. The highest BCUT2D eigenvalue weighted by molar-refractivity contribution is 4.54. The van der Waals surface area contributed by atoms with Crippen LogP contribution in [-0.4, -0.2) is 21.3 Å². The van der Waals surface area contributed by atoms with E-state index >= 15 is 0 Å². The van der Waals surface area contributed by atoms with Crippen LogP contribution in [0, 0.1) is 0 Å². The van der Waals surface area contributed by atoms with Gasteiger partial charge in [0.05, 0.1) is 6.54 Å². The predicted octanol–water partition coefficient (Wildman–Crippen LogP) is -1.09. The molecule has 0 atom stereocenters. The smallest absolute Gasteiger partial charge is 0.137 e. The van der Waals surface area contributed by atoms with E-state index in [4.69, 9.17) is 0 Å².